The molecule has 1 unspecified atom stereocenters. The lowest BCUT2D eigenvalue weighted by molar-refractivity contribution is -0.123. The second-order valence-electron chi connectivity index (χ2n) is 10.8. The molecule has 0 spiro atoms. The summed E-state index contributed by atoms with van der Waals surface area (Å²) in [5.41, 5.74) is 0.354. The van der Waals surface area contributed by atoms with Gasteiger partial charge in [-0.2, -0.15) is 0 Å². The van der Waals surface area contributed by atoms with E-state index in [0.717, 1.165) is 55.2 Å². The largest absolute Gasteiger partial charge is 0.378 e. The number of carbonyl (C=O) groups excluding carboxylic acids is 1. The molecule has 1 atom stereocenters. The van der Waals surface area contributed by atoms with E-state index < -0.39 is 0 Å². The van der Waals surface area contributed by atoms with Crippen LogP contribution in [0.4, 0.5) is 5.95 Å². The molecule has 1 N–H and O–H groups in total. The lowest BCUT2D eigenvalue weighted by Crippen LogP contribution is -2.56. The number of carbonyl (C=O) groups is 1. The van der Waals surface area contributed by atoms with E-state index >= 15 is 0 Å². The molecule has 1 aromatic rings. The van der Waals surface area contributed by atoms with Crippen molar-refractivity contribution in [3.63, 3.8) is 0 Å². The van der Waals surface area contributed by atoms with E-state index in [2.05, 4.69) is 31.9 Å². The summed E-state index contributed by atoms with van der Waals surface area (Å²) in [5, 5.41) is 13.3. The fraction of sp³-hybridized carbons (Fsp3) is 0.870. The number of morpholine rings is 1. The van der Waals surface area contributed by atoms with E-state index in [0.29, 0.717) is 17.2 Å². The Bertz CT molecular complexity index is 797. The van der Waals surface area contributed by atoms with Crippen LogP contribution in [0.2, 0.25) is 0 Å². The minimum absolute atomic E-state index is 0.145. The second kappa shape index (κ2) is 7.94. The highest BCUT2D eigenvalue weighted by Gasteiger charge is 2.53. The molecule has 0 aromatic carbocycles. The summed E-state index contributed by atoms with van der Waals surface area (Å²) in [4.78, 5) is 15.2. The maximum Gasteiger partial charge on any atom is 0.230 e. The van der Waals surface area contributed by atoms with Crippen molar-refractivity contribution < 1.29 is 9.53 Å². The highest BCUT2D eigenvalue weighted by atomic mass is 32.2. The molecule has 1 amide bonds. The van der Waals surface area contributed by atoms with Gasteiger partial charge in [0.1, 0.15) is 0 Å². The zero-order valence-corrected chi connectivity index (χ0v) is 19.4. The number of nitrogens with one attached hydrogen (secondary N) is 1. The number of aromatic nitrogens is 3. The van der Waals surface area contributed by atoms with Crippen LogP contribution >= 0.6 is 11.8 Å². The third-order valence-electron chi connectivity index (χ3n) is 8.57. The molecule has 7 nitrogen and oxygen atoms in total. The van der Waals surface area contributed by atoms with Crippen LogP contribution in [0.15, 0.2) is 5.16 Å². The third-order valence-corrected chi connectivity index (χ3v) is 9.51. The van der Waals surface area contributed by atoms with Gasteiger partial charge in [0.2, 0.25) is 11.9 Å². The maximum atomic E-state index is 12.9. The van der Waals surface area contributed by atoms with Crippen molar-refractivity contribution in [2.45, 2.75) is 75.5 Å². The average molecular weight is 446 g/mol. The molecule has 1 aromatic heterocycles. The van der Waals surface area contributed by atoms with Crippen LogP contribution in [0.3, 0.4) is 0 Å². The lowest BCUT2D eigenvalue weighted by atomic mass is 9.48. The van der Waals surface area contributed by atoms with Gasteiger partial charge in [-0.3, -0.25) is 9.36 Å². The summed E-state index contributed by atoms with van der Waals surface area (Å²) in [7, 11) is 0. The molecule has 8 heteroatoms. The van der Waals surface area contributed by atoms with Crippen LogP contribution in [0.1, 0.15) is 64.3 Å². The number of thioether (sulfide) groups is 1. The van der Waals surface area contributed by atoms with E-state index in [9.17, 15) is 4.79 Å². The van der Waals surface area contributed by atoms with E-state index in [1.807, 2.05) is 0 Å². The van der Waals surface area contributed by atoms with Gasteiger partial charge in [0.15, 0.2) is 5.16 Å². The predicted octanol–water partition coefficient (Wildman–Crippen LogP) is 3.26. The first-order chi connectivity index (χ1) is 15.1. The van der Waals surface area contributed by atoms with Gasteiger partial charge >= 0.3 is 0 Å². The van der Waals surface area contributed by atoms with Crippen molar-refractivity contribution in [2.24, 2.45) is 23.2 Å². The van der Waals surface area contributed by atoms with E-state index in [1.165, 1.54) is 51.4 Å². The summed E-state index contributed by atoms with van der Waals surface area (Å²) in [6.07, 6.45) is 10.7. The predicted molar refractivity (Wildman–Crippen MR) is 120 cm³/mol. The van der Waals surface area contributed by atoms with Crippen LogP contribution in [-0.2, 0) is 9.53 Å². The quantitative estimate of drug-likeness (QED) is 0.650. The van der Waals surface area contributed by atoms with Gasteiger partial charge in [-0.05, 0) is 81.5 Å². The number of amides is 1. The van der Waals surface area contributed by atoms with Crippen molar-refractivity contribution in [3.8, 4) is 0 Å². The van der Waals surface area contributed by atoms with Crippen molar-refractivity contribution in [2.75, 3.05) is 37.0 Å². The van der Waals surface area contributed by atoms with Gasteiger partial charge in [0.05, 0.1) is 19.0 Å². The number of hydrogen-bond acceptors (Lipinski definition) is 6. The molecular formula is C23H35N5O2S. The molecule has 0 radical (unpaired) electrons. The summed E-state index contributed by atoms with van der Waals surface area (Å²) in [5.74, 6) is 4.26. The van der Waals surface area contributed by atoms with E-state index in [-0.39, 0.29) is 11.9 Å². The Hall–Kier alpha value is -1.28. The normalized spacial score (nSPS) is 35.4. The standard InChI is InChI=1S/C23H35N5O2S/c1-15(23-11-16-8-17(12-23)10-18(9-16)13-23)24-20(29)14-31-22-26-25-21(28(22)19-2-3-19)27-4-6-30-7-5-27/h15-19H,2-14H2,1H3,(H,24,29). The number of ether oxygens (including phenoxy) is 1. The Morgan fingerprint density at radius 2 is 1.77 bits per heavy atom. The minimum Gasteiger partial charge on any atom is -0.378 e. The number of hydrogen-bond donors (Lipinski definition) is 1. The smallest absolute Gasteiger partial charge is 0.230 e. The monoisotopic (exact) mass is 445 g/mol. The highest BCUT2D eigenvalue weighted by molar-refractivity contribution is 7.99. The fourth-order valence-corrected chi connectivity index (χ4v) is 8.09. The molecule has 31 heavy (non-hydrogen) atoms. The van der Waals surface area contributed by atoms with Crippen LogP contribution in [0.25, 0.3) is 0 Å². The van der Waals surface area contributed by atoms with Crippen LogP contribution in [0, 0.1) is 23.2 Å². The summed E-state index contributed by atoms with van der Waals surface area (Å²) < 4.78 is 7.76. The highest BCUT2D eigenvalue weighted by Crippen LogP contribution is 2.61. The number of nitrogens with zero attached hydrogens (tertiary/aromatic N) is 4. The third kappa shape index (κ3) is 3.88. The zero-order chi connectivity index (χ0) is 21.0. The SMILES string of the molecule is CC(NC(=O)CSc1nnc(N2CCOCC2)n1C1CC1)C12CC3CC(CC(C3)C1)C2. The number of anilines is 1. The van der Waals surface area contributed by atoms with E-state index in [4.69, 9.17) is 4.74 Å². The van der Waals surface area contributed by atoms with E-state index in [1.54, 1.807) is 11.8 Å². The number of rotatable bonds is 7. The van der Waals surface area contributed by atoms with Crippen LogP contribution < -0.4 is 10.2 Å². The summed E-state index contributed by atoms with van der Waals surface area (Å²) >= 11 is 1.55. The Labute approximate surface area is 189 Å². The zero-order valence-electron chi connectivity index (χ0n) is 18.6. The van der Waals surface area contributed by atoms with Crippen LogP contribution in [-0.4, -0.2) is 58.8 Å². The van der Waals surface area contributed by atoms with Crippen molar-refractivity contribution in [1.29, 1.82) is 0 Å². The van der Waals surface area contributed by atoms with Crippen molar-refractivity contribution in [3.05, 3.63) is 0 Å². The average Bonchev–Trinajstić information content (AvgIpc) is 3.50. The molecule has 5 saturated carbocycles. The molecule has 6 fully saturated rings. The molecular weight excluding hydrogens is 410 g/mol. The molecule has 1 saturated heterocycles. The molecule has 1 aliphatic heterocycles. The van der Waals surface area contributed by atoms with Gasteiger partial charge in [-0.15, -0.1) is 10.2 Å². The first-order valence-electron chi connectivity index (χ1n) is 12.3. The lowest BCUT2D eigenvalue weighted by Gasteiger charge is -2.59. The van der Waals surface area contributed by atoms with Gasteiger partial charge in [0.25, 0.3) is 0 Å². The molecule has 6 aliphatic rings. The Balaban J connectivity index is 1.09. The van der Waals surface area contributed by atoms with Gasteiger partial charge in [0, 0.05) is 25.2 Å². The topological polar surface area (TPSA) is 72.3 Å². The van der Waals surface area contributed by atoms with Gasteiger partial charge in [-0.1, -0.05) is 11.8 Å². The first kappa shape index (κ1) is 20.3. The molecule has 170 valence electrons. The maximum absolute atomic E-state index is 12.9. The molecule has 7 rings (SSSR count). The van der Waals surface area contributed by atoms with Crippen molar-refractivity contribution >= 4 is 23.6 Å². The molecule has 4 bridgehead atoms. The molecule has 2 heterocycles. The Kier molecular flexibility index (Phi) is 5.21. The minimum atomic E-state index is 0.145. The summed E-state index contributed by atoms with van der Waals surface area (Å²) in [6, 6.07) is 0.767. The summed E-state index contributed by atoms with van der Waals surface area (Å²) in [6.45, 7) is 5.46. The van der Waals surface area contributed by atoms with Crippen LogP contribution in [0.5, 0.6) is 0 Å². The first-order valence-corrected chi connectivity index (χ1v) is 13.3. The van der Waals surface area contributed by atoms with Gasteiger partial charge < -0.3 is 15.0 Å². The van der Waals surface area contributed by atoms with Crippen molar-refractivity contribution in [1.82, 2.24) is 20.1 Å². The second-order valence-corrected chi connectivity index (χ2v) is 11.8. The fourth-order valence-electron chi connectivity index (χ4n) is 7.27. The Morgan fingerprint density at radius 3 is 2.39 bits per heavy atom. The Morgan fingerprint density at radius 1 is 1.13 bits per heavy atom. The van der Waals surface area contributed by atoms with Gasteiger partial charge in [-0.25, -0.2) is 0 Å². The molecule has 5 aliphatic carbocycles.